The Labute approximate surface area is 147 Å². The van der Waals surface area contributed by atoms with Gasteiger partial charge < -0.3 is 15.4 Å². The maximum Gasteiger partial charge on any atom is 0.238 e. The summed E-state index contributed by atoms with van der Waals surface area (Å²) < 4.78 is 5.57. The summed E-state index contributed by atoms with van der Waals surface area (Å²) in [6.07, 6.45) is 1.58. The van der Waals surface area contributed by atoms with E-state index in [1.165, 1.54) is 0 Å². The second-order valence-electron chi connectivity index (χ2n) is 4.64. The van der Waals surface area contributed by atoms with E-state index in [0.717, 1.165) is 0 Å². The number of carbonyl (C=O) groups is 1. The fourth-order valence-electron chi connectivity index (χ4n) is 1.76. The summed E-state index contributed by atoms with van der Waals surface area (Å²) in [5, 5.41) is 13.4. The average molecular weight is 359 g/mol. The Bertz CT molecular complexity index is 599. The van der Waals surface area contributed by atoms with Crippen molar-refractivity contribution in [3.05, 3.63) is 42.6 Å². The van der Waals surface area contributed by atoms with E-state index in [1.807, 2.05) is 26.1 Å². The SMILES string of the molecule is CNCC(C)C(=O)Nc1cccc(Oc2cccnn2)c1.Cl.Cl. The quantitative estimate of drug-likeness (QED) is 0.830. The molecule has 1 aromatic heterocycles. The predicted octanol–water partition coefficient (Wildman–Crippen LogP) is 2.91. The van der Waals surface area contributed by atoms with Gasteiger partial charge >= 0.3 is 0 Å². The second-order valence-corrected chi connectivity index (χ2v) is 4.64. The largest absolute Gasteiger partial charge is 0.437 e. The third kappa shape index (κ3) is 6.81. The van der Waals surface area contributed by atoms with Crippen molar-refractivity contribution in [2.24, 2.45) is 5.92 Å². The van der Waals surface area contributed by atoms with Crippen molar-refractivity contribution >= 4 is 36.4 Å². The number of anilines is 1. The lowest BCUT2D eigenvalue weighted by Gasteiger charge is -2.12. The number of halogens is 2. The van der Waals surface area contributed by atoms with E-state index in [-0.39, 0.29) is 36.6 Å². The van der Waals surface area contributed by atoms with Gasteiger partial charge in [-0.25, -0.2) is 0 Å². The minimum atomic E-state index is -0.112. The summed E-state index contributed by atoms with van der Waals surface area (Å²) in [5.74, 6) is 0.847. The van der Waals surface area contributed by atoms with Crippen LogP contribution in [0, 0.1) is 5.92 Å². The van der Waals surface area contributed by atoms with Crippen LogP contribution in [0.25, 0.3) is 0 Å². The topological polar surface area (TPSA) is 76.1 Å². The zero-order chi connectivity index (χ0) is 15.1. The summed E-state index contributed by atoms with van der Waals surface area (Å²) >= 11 is 0. The summed E-state index contributed by atoms with van der Waals surface area (Å²) in [5.41, 5.74) is 0.685. The van der Waals surface area contributed by atoms with Gasteiger partial charge in [0.2, 0.25) is 11.8 Å². The van der Waals surface area contributed by atoms with Crippen LogP contribution < -0.4 is 15.4 Å². The Hall–Kier alpha value is -1.89. The molecule has 0 aliphatic rings. The molecule has 1 aromatic carbocycles. The summed E-state index contributed by atoms with van der Waals surface area (Å²) in [4.78, 5) is 12.0. The highest BCUT2D eigenvalue weighted by Gasteiger charge is 2.12. The normalized spacial score (nSPS) is 10.7. The molecule has 0 radical (unpaired) electrons. The van der Waals surface area contributed by atoms with E-state index in [0.29, 0.717) is 23.9 Å². The lowest BCUT2D eigenvalue weighted by molar-refractivity contribution is -0.119. The van der Waals surface area contributed by atoms with E-state index in [9.17, 15) is 4.79 Å². The van der Waals surface area contributed by atoms with Gasteiger partial charge in [0.25, 0.3) is 0 Å². The molecule has 1 atom stereocenters. The van der Waals surface area contributed by atoms with Crippen molar-refractivity contribution in [1.82, 2.24) is 15.5 Å². The predicted molar refractivity (Wildman–Crippen MR) is 94.8 cm³/mol. The third-order valence-electron chi connectivity index (χ3n) is 2.83. The molecular formula is C15H20Cl2N4O2. The lowest BCUT2D eigenvalue weighted by Crippen LogP contribution is -2.28. The molecule has 0 fully saturated rings. The van der Waals surface area contributed by atoms with E-state index < -0.39 is 0 Å². The number of nitrogens with zero attached hydrogens (tertiary/aromatic N) is 2. The van der Waals surface area contributed by atoms with Gasteiger partial charge in [-0.2, -0.15) is 5.10 Å². The maximum absolute atomic E-state index is 12.0. The Balaban J connectivity index is 0.00000242. The molecule has 1 unspecified atom stereocenters. The van der Waals surface area contributed by atoms with Gasteiger partial charge in [0.05, 0.1) is 0 Å². The van der Waals surface area contributed by atoms with Crippen molar-refractivity contribution in [3.8, 4) is 11.6 Å². The summed E-state index contributed by atoms with van der Waals surface area (Å²) in [6.45, 7) is 2.49. The fraction of sp³-hybridized carbons (Fsp3) is 0.267. The molecule has 6 nitrogen and oxygen atoms in total. The number of hydrogen-bond donors (Lipinski definition) is 2. The van der Waals surface area contributed by atoms with Crippen LogP contribution in [-0.2, 0) is 4.79 Å². The first-order valence-corrected chi connectivity index (χ1v) is 6.70. The lowest BCUT2D eigenvalue weighted by atomic mass is 10.1. The number of hydrogen-bond acceptors (Lipinski definition) is 5. The van der Waals surface area contributed by atoms with Gasteiger partial charge in [-0.05, 0) is 25.2 Å². The molecule has 0 aliphatic carbocycles. The van der Waals surface area contributed by atoms with Gasteiger partial charge in [-0.15, -0.1) is 29.9 Å². The van der Waals surface area contributed by atoms with Crippen LogP contribution in [0.2, 0.25) is 0 Å². The van der Waals surface area contributed by atoms with E-state index in [2.05, 4.69) is 20.8 Å². The molecular weight excluding hydrogens is 339 g/mol. The van der Waals surface area contributed by atoms with E-state index in [1.54, 1.807) is 30.5 Å². The number of nitrogens with one attached hydrogen (secondary N) is 2. The molecule has 2 aromatic rings. The highest BCUT2D eigenvalue weighted by molar-refractivity contribution is 5.92. The van der Waals surface area contributed by atoms with Crippen molar-refractivity contribution in [1.29, 1.82) is 0 Å². The first kappa shape index (κ1) is 21.1. The first-order valence-electron chi connectivity index (χ1n) is 6.70. The molecule has 23 heavy (non-hydrogen) atoms. The Morgan fingerprint density at radius 3 is 2.70 bits per heavy atom. The highest BCUT2D eigenvalue weighted by Crippen LogP contribution is 2.22. The van der Waals surface area contributed by atoms with Crippen LogP contribution in [0.1, 0.15) is 6.92 Å². The Morgan fingerprint density at radius 2 is 2.04 bits per heavy atom. The molecule has 2 rings (SSSR count). The number of carbonyl (C=O) groups excluding carboxylic acids is 1. The van der Waals surface area contributed by atoms with Crippen LogP contribution in [-0.4, -0.2) is 29.7 Å². The van der Waals surface area contributed by atoms with Crippen molar-refractivity contribution in [2.75, 3.05) is 18.9 Å². The van der Waals surface area contributed by atoms with Crippen LogP contribution in [0.3, 0.4) is 0 Å². The van der Waals surface area contributed by atoms with Gasteiger partial charge in [-0.3, -0.25) is 4.79 Å². The Kier molecular flexibility index (Phi) is 9.89. The molecule has 1 heterocycles. The zero-order valence-electron chi connectivity index (χ0n) is 12.9. The number of aromatic nitrogens is 2. The number of benzene rings is 1. The van der Waals surface area contributed by atoms with E-state index in [4.69, 9.17) is 4.74 Å². The minimum absolute atomic E-state index is 0. The molecule has 0 spiro atoms. The molecule has 1 amide bonds. The van der Waals surface area contributed by atoms with Crippen LogP contribution >= 0.6 is 24.8 Å². The number of rotatable bonds is 6. The van der Waals surface area contributed by atoms with Crippen LogP contribution in [0.4, 0.5) is 5.69 Å². The molecule has 126 valence electrons. The van der Waals surface area contributed by atoms with Crippen molar-refractivity contribution < 1.29 is 9.53 Å². The van der Waals surface area contributed by atoms with Gasteiger partial charge in [0, 0.05) is 36.5 Å². The second kappa shape index (κ2) is 10.8. The molecule has 0 saturated heterocycles. The Morgan fingerprint density at radius 1 is 1.26 bits per heavy atom. The van der Waals surface area contributed by atoms with Crippen molar-refractivity contribution in [3.63, 3.8) is 0 Å². The minimum Gasteiger partial charge on any atom is -0.437 e. The smallest absolute Gasteiger partial charge is 0.238 e. The molecule has 2 N–H and O–H groups in total. The fourth-order valence-corrected chi connectivity index (χ4v) is 1.76. The molecule has 0 saturated carbocycles. The van der Waals surface area contributed by atoms with E-state index >= 15 is 0 Å². The van der Waals surface area contributed by atoms with Gasteiger partial charge in [0.1, 0.15) is 5.75 Å². The average Bonchev–Trinajstić information content (AvgIpc) is 2.49. The molecule has 8 heteroatoms. The summed E-state index contributed by atoms with van der Waals surface area (Å²) in [6, 6.07) is 10.6. The van der Waals surface area contributed by atoms with Crippen LogP contribution in [0.15, 0.2) is 42.6 Å². The standard InChI is InChI=1S/C15H18N4O2.2ClH/c1-11(10-16-2)15(20)18-12-5-3-6-13(9-12)21-14-7-4-8-17-19-14;;/h3-9,11,16H,10H2,1-2H3,(H,18,20);2*1H. The third-order valence-corrected chi connectivity index (χ3v) is 2.83. The van der Waals surface area contributed by atoms with Crippen molar-refractivity contribution in [2.45, 2.75) is 6.92 Å². The number of ether oxygens (including phenoxy) is 1. The van der Waals surface area contributed by atoms with Gasteiger partial charge in [0.15, 0.2) is 0 Å². The maximum atomic E-state index is 12.0. The molecule has 0 aliphatic heterocycles. The summed E-state index contributed by atoms with van der Waals surface area (Å²) in [7, 11) is 1.82. The number of amides is 1. The van der Waals surface area contributed by atoms with Crippen LogP contribution in [0.5, 0.6) is 11.6 Å². The highest BCUT2D eigenvalue weighted by atomic mass is 35.5. The first-order chi connectivity index (χ1) is 10.2. The monoisotopic (exact) mass is 358 g/mol. The zero-order valence-corrected chi connectivity index (χ0v) is 14.5. The van der Waals surface area contributed by atoms with Gasteiger partial charge in [-0.1, -0.05) is 13.0 Å². The molecule has 0 bridgehead atoms.